The lowest BCUT2D eigenvalue weighted by molar-refractivity contribution is -0.136. The van der Waals surface area contributed by atoms with Crippen LogP contribution < -0.4 is 9.64 Å². The summed E-state index contributed by atoms with van der Waals surface area (Å²) in [5.41, 5.74) is 0.542. The van der Waals surface area contributed by atoms with Crippen LogP contribution in [0.4, 0.5) is 18.9 Å². The summed E-state index contributed by atoms with van der Waals surface area (Å²) in [5, 5.41) is 0. The molecule has 9 heteroatoms. The van der Waals surface area contributed by atoms with Crippen LogP contribution in [0, 0.1) is 0 Å². The van der Waals surface area contributed by atoms with Gasteiger partial charge < -0.3 is 9.64 Å². The van der Waals surface area contributed by atoms with Gasteiger partial charge in [0, 0.05) is 19.2 Å². The Kier molecular flexibility index (Phi) is 5.82. The van der Waals surface area contributed by atoms with E-state index in [-0.39, 0.29) is 16.7 Å². The highest BCUT2D eigenvalue weighted by Crippen LogP contribution is 2.30. The Hall–Kier alpha value is -3.36. The minimum absolute atomic E-state index is 0.0314. The number of rotatable bonds is 6. The SMILES string of the molecule is CCOc1ccc(N2C(=O)c3ccc(C(=O)N(C)CCC(F)(F)F)cc3C2=O)cc1. The van der Waals surface area contributed by atoms with Crippen molar-refractivity contribution in [3.05, 3.63) is 59.2 Å². The molecule has 3 rings (SSSR count). The maximum absolute atomic E-state index is 12.8. The van der Waals surface area contributed by atoms with Gasteiger partial charge in [-0.05, 0) is 49.4 Å². The molecular formula is C21H19F3N2O4. The Bertz CT molecular complexity index is 987. The molecule has 3 amide bonds. The average Bonchev–Trinajstić information content (AvgIpc) is 2.96. The molecule has 158 valence electrons. The van der Waals surface area contributed by atoms with Crippen molar-refractivity contribution >= 4 is 23.4 Å². The highest BCUT2D eigenvalue weighted by atomic mass is 19.4. The largest absolute Gasteiger partial charge is 0.494 e. The molecule has 1 heterocycles. The van der Waals surface area contributed by atoms with Crippen LogP contribution in [0.1, 0.15) is 44.4 Å². The number of carbonyl (C=O) groups is 3. The summed E-state index contributed by atoms with van der Waals surface area (Å²) in [6.07, 6.45) is -5.52. The lowest BCUT2D eigenvalue weighted by Gasteiger charge is -2.18. The first-order valence-corrected chi connectivity index (χ1v) is 9.20. The van der Waals surface area contributed by atoms with E-state index in [2.05, 4.69) is 0 Å². The highest BCUT2D eigenvalue weighted by Gasteiger charge is 2.37. The summed E-state index contributed by atoms with van der Waals surface area (Å²) in [6, 6.07) is 10.3. The fourth-order valence-corrected chi connectivity index (χ4v) is 3.08. The van der Waals surface area contributed by atoms with E-state index in [4.69, 9.17) is 4.74 Å². The molecule has 0 bridgehead atoms. The third-order valence-corrected chi connectivity index (χ3v) is 4.62. The third-order valence-electron chi connectivity index (χ3n) is 4.62. The van der Waals surface area contributed by atoms with Crippen LogP contribution in [0.15, 0.2) is 42.5 Å². The Balaban J connectivity index is 1.82. The van der Waals surface area contributed by atoms with Crippen molar-refractivity contribution in [2.24, 2.45) is 0 Å². The van der Waals surface area contributed by atoms with Crippen molar-refractivity contribution < 1.29 is 32.3 Å². The summed E-state index contributed by atoms with van der Waals surface area (Å²) in [4.78, 5) is 39.9. The van der Waals surface area contributed by atoms with Gasteiger partial charge in [0.2, 0.25) is 0 Å². The fraction of sp³-hybridized carbons (Fsp3) is 0.286. The molecule has 0 N–H and O–H groups in total. The molecule has 0 atom stereocenters. The summed E-state index contributed by atoms with van der Waals surface area (Å²) in [7, 11) is 1.25. The summed E-state index contributed by atoms with van der Waals surface area (Å²) < 4.78 is 42.5. The van der Waals surface area contributed by atoms with Crippen LogP contribution in [0.2, 0.25) is 0 Å². The minimum atomic E-state index is -4.38. The van der Waals surface area contributed by atoms with Crippen molar-refractivity contribution in [2.45, 2.75) is 19.5 Å². The van der Waals surface area contributed by atoms with Crippen LogP contribution in [-0.4, -0.2) is 49.0 Å². The fourth-order valence-electron chi connectivity index (χ4n) is 3.08. The molecule has 0 fully saturated rings. The van der Waals surface area contributed by atoms with Crippen molar-refractivity contribution in [1.82, 2.24) is 4.90 Å². The first-order chi connectivity index (χ1) is 14.1. The van der Waals surface area contributed by atoms with E-state index in [0.29, 0.717) is 18.0 Å². The first-order valence-electron chi connectivity index (χ1n) is 9.20. The lowest BCUT2D eigenvalue weighted by Crippen LogP contribution is -2.30. The summed E-state index contributed by atoms with van der Waals surface area (Å²) in [5.74, 6) is -1.22. The monoisotopic (exact) mass is 420 g/mol. The molecule has 0 radical (unpaired) electrons. The Morgan fingerprint density at radius 1 is 1.03 bits per heavy atom. The average molecular weight is 420 g/mol. The van der Waals surface area contributed by atoms with E-state index < -0.39 is 36.9 Å². The lowest BCUT2D eigenvalue weighted by atomic mass is 10.0. The van der Waals surface area contributed by atoms with Crippen LogP contribution in [0.3, 0.4) is 0 Å². The number of ether oxygens (including phenoxy) is 1. The molecule has 0 saturated carbocycles. The molecule has 1 aliphatic rings. The first kappa shape index (κ1) is 21.4. The van der Waals surface area contributed by atoms with Crippen LogP contribution in [0.5, 0.6) is 5.75 Å². The smallest absolute Gasteiger partial charge is 0.390 e. The number of hydrogen-bond donors (Lipinski definition) is 0. The van der Waals surface area contributed by atoms with Gasteiger partial charge in [0.1, 0.15) is 5.75 Å². The van der Waals surface area contributed by atoms with Crippen molar-refractivity contribution in [2.75, 3.05) is 25.1 Å². The van der Waals surface area contributed by atoms with Gasteiger partial charge >= 0.3 is 6.18 Å². The summed E-state index contributed by atoms with van der Waals surface area (Å²) >= 11 is 0. The molecule has 0 aromatic heterocycles. The number of nitrogens with zero attached hydrogens (tertiary/aromatic N) is 2. The van der Waals surface area contributed by atoms with Crippen LogP contribution in [-0.2, 0) is 0 Å². The summed E-state index contributed by atoms with van der Waals surface area (Å²) in [6.45, 7) is 1.79. The topological polar surface area (TPSA) is 66.9 Å². The van der Waals surface area contributed by atoms with Crippen LogP contribution >= 0.6 is 0 Å². The van der Waals surface area contributed by atoms with Gasteiger partial charge in [-0.15, -0.1) is 0 Å². The van der Waals surface area contributed by atoms with Gasteiger partial charge in [0.05, 0.1) is 29.8 Å². The Morgan fingerprint density at radius 2 is 1.67 bits per heavy atom. The molecule has 0 unspecified atom stereocenters. The van der Waals surface area contributed by atoms with E-state index in [1.165, 1.54) is 25.2 Å². The zero-order valence-corrected chi connectivity index (χ0v) is 16.3. The zero-order chi connectivity index (χ0) is 22.1. The van der Waals surface area contributed by atoms with Gasteiger partial charge in [0.15, 0.2) is 0 Å². The molecular weight excluding hydrogens is 401 g/mol. The van der Waals surface area contributed by atoms with Crippen LogP contribution in [0.25, 0.3) is 0 Å². The van der Waals surface area contributed by atoms with Crippen molar-refractivity contribution in [3.8, 4) is 5.75 Å². The number of imide groups is 1. The maximum Gasteiger partial charge on any atom is 0.390 e. The number of benzene rings is 2. The van der Waals surface area contributed by atoms with E-state index in [9.17, 15) is 27.6 Å². The van der Waals surface area contributed by atoms with Gasteiger partial charge in [-0.2, -0.15) is 13.2 Å². The molecule has 2 aromatic carbocycles. The number of amides is 3. The molecule has 0 saturated heterocycles. The second-order valence-electron chi connectivity index (χ2n) is 6.72. The zero-order valence-electron chi connectivity index (χ0n) is 16.3. The third kappa shape index (κ3) is 4.29. The highest BCUT2D eigenvalue weighted by molar-refractivity contribution is 6.34. The number of anilines is 1. The molecule has 6 nitrogen and oxygen atoms in total. The number of alkyl halides is 3. The normalized spacial score (nSPS) is 13.4. The van der Waals surface area contributed by atoms with E-state index >= 15 is 0 Å². The molecule has 0 aliphatic carbocycles. The number of carbonyl (C=O) groups excluding carboxylic acids is 3. The van der Waals surface area contributed by atoms with Crippen molar-refractivity contribution in [3.63, 3.8) is 0 Å². The van der Waals surface area contributed by atoms with Crippen molar-refractivity contribution in [1.29, 1.82) is 0 Å². The predicted molar refractivity (Wildman–Crippen MR) is 103 cm³/mol. The second kappa shape index (κ2) is 8.17. The molecule has 30 heavy (non-hydrogen) atoms. The molecule has 0 spiro atoms. The van der Waals surface area contributed by atoms with Gasteiger partial charge in [0.25, 0.3) is 17.7 Å². The molecule has 2 aromatic rings. The van der Waals surface area contributed by atoms with E-state index in [0.717, 1.165) is 9.80 Å². The second-order valence-corrected chi connectivity index (χ2v) is 6.72. The predicted octanol–water partition coefficient (Wildman–Crippen LogP) is 3.91. The Labute approximate surface area is 170 Å². The number of halogens is 3. The quantitative estimate of drug-likeness (QED) is 0.665. The number of fused-ring (bicyclic) bond motifs is 1. The number of hydrogen-bond acceptors (Lipinski definition) is 4. The Morgan fingerprint density at radius 3 is 2.27 bits per heavy atom. The minimum Gasteiger partial charge on any atom is -0.494 e. The van der Waals surface area contributed by atoms with Gasteiger partial charge in [-0.3, -0.25) is 14.4 Å². The maximum atomic E-state index is 12.8. The van der Waals surface area contributed by atoms with Gasteiger partial charge in [-0.1, -0.05) is 0 Å². The molecule has 1 aliphatic heterocycles. The van der Waals surface area contributed by atoms with Gasteiger partial charge in [-0.25, -0.2) is 4.90 Å². The van der Waals surface area contributed by atoms with E-state index in [1.54, 1.807) is 24.3 Å². The standard InChI is InChI=1S/C21H19F3N2O4/c1-3-30-15-7-5-14(6-8-15)26-19(28)16-9-4-13(12-17(16)20(26)29)18(27)25(2)11-10-21(22,23)24/h4-9,12H,3,10-11H2,1-2H3. The van der Waals surface area contributed by atoms with E-state index in [1.807, 2.05) is 6.92 Å².